The molecule has 0 radical (unpaired) electrons. The number of pyridine rings is 1. The molecule has 7 heteroatoms. The van der Waals surface area contributed by atoms with Crippen LogP contribution in [0.15, 0.2) is 34.0 Å². The fraction of sp³-hybridized carbons (Fsp3) is 0.182. The zero-order chi connectivity index (χ0) is 13.3. The highest BCUT2D eigenvalue weighted by molar-refractivity contribution is 5.16. The summed E-state index contributed by atoms with van der Waals surface area (Å²) in [6.45, 7) is 1.56. The molecule has 0 amide bonds. The van der Waals surface area contributed by atoms with Gasteiger partial charge in [0.05, 0.1) is 11.7 Å². The minimum Gasteiger partial charge on any atom is -0.492 e. The number of rotatable bonds is 2. The Hall–Kier alpha value is -2.44. The first-order valence-corrected chi connectivity index (χ1v) is 5.16. The maximum atomic E-state index is 13.3. The molecule has 0 spiro atoms. The van der Waals surface area contributed by atoms with Crippen LogP contribution < -0.4 is 11.2 Å². The Bertz CT molecular complexity index is 678. The van der Waals surface area contributed by atoms with Gasteiger partial charge in [-0.2, -0.15) is 4.39 Å². The number of aromatic nitrogens is 3. The van der Waals surface area contributed by atoms with E-state index in [-0.39, 0.29) is 0 Å². The van der Waals surface area contributed by atoms with Crippen molar-refractivity contribution in [2.24, 2.45) is 0 Å². The van der Waals surface area contributed by atoms with Crippen LogP contribution in [0.5, 0.6) is 5.88 Å². The molecule has 2 aromatic rings. The molecule has 0 aliphatic carbocycles. The fourth-order valence-corrected chi connectivity index (χ4v) is 1.63. The Morgan fingerprint density at radius 2 is 2.17 bits per heavy atom. The number of nitrogens with one attached hydrogen (secondary N) is 1. The summed E-state index contributed by atoms with van der Waals surface area (Å²) in [6, 6.07) is 4.31. The van der Waals surface area contributed by atoms with E-state index < -0.39 is 29.0 Å². The Labute approximate surface area is 100 Å². The molecule has 0 aliphatic rings. The van der Waals surface area contributed by atoms with Crippen molar-refractivity contribution in [3.8, 4) is 5.88 Å². The van der Waals surface area contributed by atoms with E-state index in [0.29, 0.717) is 5.69 Å². The second-order valence-electron chi connectivity index (χ2n) is 3.70. The maximum Gasteiger partial charge on any atom is 0.331 e. The molecule has 94 valence electrons. The number of halogens is 1. The third-order valence-electron chi connectivity index (χ3n) is 2.57. The van der Waals surface area contributed by atoms with Crippen LogP contribution in [-0.4, -0.2) is 19.6 Å². The summed E-state index contributed by atoms with van der Waals surface area (Å²) < 4.78 is 14.0. The van der Waals surface area contributed by atoms with Crippen LogP contribution in [-0.2, 0) is 0 Å². The normalized spacial score (nSPS) is 12.3. The van der Waals surface area contributed by atoms with Gasteiger partial charge in [0.15, 0.2) is 0 Å². The Morgan fingerprint density at radius 3 is 2.78 bits per heavy atom. The standard InChI is InChI=1S/C11H10FN3O3/c1-6(7-4-2-3-5-13-7)15-10(17)8(12)9(16)14-11(15)18/h2-6,17H,1H3,(H,14,16,18). The smallest absolute Gasteiger partial charge is 0.331 e. The van der Waals surface area contributed by atoms with Crippen molar-refractivity contribution in [2.75, 3.05) is 0 Å². The van der Waals surface area contributed by atoms with Gasteiger partial charge in [0.2, 0.25) is 11.7 Å². The van der Waals surface area contributed by atoms with Gasteiger partial charge in [-0.15, -0.1) is 0 Å². The molecule has 2 heterocycles. The minimum atomic E-state index is -1.39. The molecule has 1 atom stereocenters. The molecule has 2 aromatic heterocycles. The molecule has 2 rings (SSSR count). The first-order valence-electron chi connectivity index (χ1n) is 5.16. The van der Waals surface area contributed by atoms with Crippen LogP contribution in [0.3, 0.4) is 0 Å². The van der Waals surface area contributed by atoms with E-state index in [9.17, 15) is 19.1 Å². The van der Waals surface area contributed by atoms with Crippen LogP contribution >= 0.6 is 0 Å². The summed E-state index contributed by atoms with van der Waals surface area (Å²) in [4.78, 5) is 28.3. The van der Waals surface area contributed by atoms with E-state index >= 15 is 0 Å². The molecule has 0 saturated carbocycles. The summed E-state index contributed by atoms with van der Waals surface area (Å²) >= 11 is 0. The summed E-state index contributed by atoms with van der Waals surface area (Å²) in [5, 5.41) is 9.53. The van der Waals surface area contributed by atoms with E-state index in [4.69, 9.17) is 0 Å². The monoisotopic (exact) mass is 251 g/mol. The van der Waals surface area contributed by atoms with Crippen LogP contribution in [0.25, 0.3) is 0 Å². The van der Waals surface area contributed by atoms with Crippen molar-refractivity contribution < 1.29 is 9.50 Å². The molecule has 18 heavy (non-hydrogen) atoms. The molecule has 0 bridgehead atoms. The molecule has 2 N–H and O–H groups in total. The van der Waals surface area contributed by atoms with E-state index in [1.165, 1.54) is 6.20 Å². The molecular weight excluding hydrogens is 241 g/mol. The third-order valence-corrected chi connectivity index (χ3v) is 2.57. The van der Waals surface area contributed by atoms with Gasteiger partial charge in [-0.25, -0.2) is 4.79 Å². The lowest BCUT2D eigenvalue weighted by atomic mass is 10.2. The Kier molecular flexibility index (Phi) is 2.97. The molecule has 1 unspecified atom stereocenters. The van der Waals surface area contributed by atoms with E-state index in [0.717, 1.165) is 4.57 Å². The highest BCUT2D eigenvalue weighted by Crippen LogP contribution is 2.19. The van der Waals surface area contributed by atoms with Crippen LogP contribution in [0.4, 0.5) is 4.39 Å². The van der Waals surface area contributed by atoms with Crippen LogP contribution in [0.1, 0.15) is 18.7 Å². The molecule has 0 fully saturated rings. The van der Waals surface area contributed by atoms with Crippen molar-refractivity contribution in [3.63, 3.8) is 0 Å². The zero-order valence-corrected chi connectivity index (χ0v) is 9.42. The number of nitrogens with zero attached hydrogens (tertiary/aromatic N) is 2. The van der Waals surface area contributed by atoms with Gasteiger partial charge in [-0.1, -0.05) is 6.07 Å². The van der Waals surface area contributed by atoms with Gasteiger partial charge in [0.25, 0.3) is 5.56 Å². The van der Waals surface area contributed by atoms with Gasteiger partial charge in [-0.3, -0.25) is 19.3 Å². The van der Waals surface area contributed by atoms with Crippen molar-refractivity contribution in [1.29, 1.82) is 0 Å². The average molecular weight is 251 g/mol. The van der Waals surface area contributed by atoms with Crippen LogP contribution in [0.2, 0.25) is 0 Å². The third kappa shape index (κ3) is 1.90. The zero-order valence-electron chi connectivity index (χ0n) is 9.42. The summed E-state index contributed by atoms with van der Waals surface area (Å²) in [5.41, 5.74) is -1.68. The summed E-state index contributed by atoms with van der Waals surface area (Å²) in [7, 11) is 0. The van der Waals surface area contributed by atoms with Gasteiger partial charge in [-0.05, 0) is 19.1 Å². The van der Waals surface area contributed by atoms with Crippen molar-refractivity contribution in [3.05, 3.63) is 56.7 Å². The lowest BCUT2D eigenvalue weighted by Gasteiger charge is -2.15. The molecule has 0 aromatic carbocycles. The topological polar surface area (TPSA) is 88.0 Å². The van der Waals surface area contributed by atoms with Gasteiger partial charge in [0.1, 0.15) is 0 Å². The number of H-pyrrole nitrogens is 1. The Morgan fingerprint density at radius 1 is 1.44 bits per heavy atom. The van der Waals surface area contributed by atoms with E-state index in [1.807, 2.05) is 0 Å². The van der Waals surface area contributed by atoms with Crippen molar-refractivity contribution >= 4 is 0 Å². The molecule has 6 nitrogen and oxygen atoms in total. The molecule has 0 aliphatic heterocycles. The van der Waals surface area contributed by atoms with E-state index in [1.54, 1.807) is 30.1 Å². The van der Waals surface area contributed by atoms with Gasteiger partial charge >= 0.3 is 5.69 Å². The van der Waals surface area contributed by atoms with Gasteiger partial charge in [0, 0.05) is 6.20 Å². The fourth-order valence-electron chi connectivity index (χ4n) is 1.63. The quantitative estimate of drug-likeness (QED) is 0.808. The lowest BCUT2D eigenvalue weighted by Crippen LogP contribution is -2.34. The predicted molar refractivity (Wildman–Crippen MR) is 61.0 cm³/mol. The Balaban J connectivity index is 2.63. The SMILES string of the molecule is CC(c1ccccn1)n1c(O)c(F)c(=O)[nH]c1=O. The molecule has 0 saturated heterocycles. The number of aromatic amines is 1. The van der Waals surface area contributed by atoms with Crippen molar-refractivity contribution in [1.82, 2.24) is 14.5 Å². The second kappa shape index (κ2) is 4.44. The van der Waals surface area contributed by atoms with E-state index in [2.05, 4.69) is 4.98 Å². The molecular formula is C11H10FN3O3. The first kappa shape index (κ1) is 12.0. The highest BCUT2D eigenvalue weighted by Gasteiger charge is 2.19. The predicted octanol–water partition coefficient (Wildman–Crippen LogP) is 0.386. The minimum absolute atomic E-state index is 0.460. The van der Waals surface area contributed by atoms with Crippen LogP contribution in [0, 0.1) is 5.82 Å². The van der Waals surface area contributed by atoms with Crippen molar-refractivity contribution in [2.45, 2.75) is 13.0 Å². The maximum absolute atomic E-state index is 13.3. The second-order valence-corrected chi connectivity index (χ2v) is 3.70. The van der Waals surface area contributed by atoms with Gasteiger partial charge < -0.3 is 5.11 Å². The summed E-state index contributed by atoms with van der Waals surface area (Å²) in [6.07, 6.45) is 1.51. The number of aromatic hydroxyl groups is 1. The summed E-state index contributed by atoms with van der Waals surface area (Å²) in [5.74, 6) is -2.39. The number of hydrogen-bond donors (Lipinski definition) is 2. The largest absolute Gasteiger partial charge is 0.492 e. The average Bonchev–Trinajstić information content (AvgIpc) is 2.37. The lowest BCUT2D eigenvalue weighted by molar-refractivity contribution is 0.350. The number of hydrogen-bond acceptors (Lipinski definition) is 4. The highest BCUT2D eigenvalue weighted by atomic mass is 19.1. The first-order chi connectivity index (χ1) is 8.52.